The molecule has 1 amide bonds. The zero-order valence-corrected chi connectivity index (χ0v) is 14.4. The van der Waals surface area contributed by atoms with Crippen LogP contribution in [0.1, 0.15) is 47.7 Å². The summed E-state index contributed by atoms with van der Waals surface area (Å²) in [6.45, 7) is 9.89. The number of benzene rings is 1. The van der Waals surface area contributed by atoms with Crippen LogP contribution < -0.4 is 10.6 Å². The van der Waals surface area contributed by atoms with Gasteiger partial charge in [0.15, 0.2) is 0 Å². The molecule has 0 saturated heterocycles. The van der Waals surface area contributed by atoms with Crippen molar-refractivity contribution in [3.63, 3.8) is 0 Å². The van der Waals surface area contributed by atoms with Crippen LogP contribution in [0.5, 0.6) is 0 Å². The van der Waals surface area contributed by atoms with Gasteiger partial charge in [0, 0.05) is 17.8 Å². The van der Waals surface area contributed by atoms with E-state index in [-0.39, 0.29) is 11.9 Å². The van der Waals surface area contributed by atoms with Gasteiger partial charge in [0.1, 0.15) is 17.3 Å². The molecule has 0 fully saturated rings. The maximum atomic E-state index is 12.3. The molecule has 0 saturated carbocycles. The van der Waals surface area contributed by atoms with Gasteiger partial charge in [-0.2, -0.15) is 0 Å². The first kappa shape index (κ1) is 16.9. The highest BCUT2D eigenvalue weighted by molar-refractivity contribution is 5.93. The van der Waals surface area contributed by atoms with Crippen molar-refractivity contribution in [1.82, 2.24) is 15.3 Å². The summed E-state index contributed by atoms with van der Waals surface area (Å²) >= 11 is 0. The Labute approximate surface area is 137 Å². The molecule has 1 aromatic heterocycles. The van der Waals surface area contributed by atoms with Crippen LogP contribution in [0, 0.1) is 20.8 Å². The van der Waals surface area contributed by atoms with E-state index in [4.69, 9.17) is 0 Å². The number of nitrogens with zero attached hydrogens (tertiary/aromatic N) is 2. The second-order valence-electron chi connectivity index (χ2n) is 5.91. The Bertz CT molecular complexity index is 712. The molecule has 0 aliphatic rings. The number of nitrogens with one attached hydrogen (secondary N) is 2. The van der Waals surface area contributed by atoms with Crippen LogP contribution in [0.2, 0.25) is 0 Å². The number of hydrogen-bond acceptors (Lipinski definition) is 4. The molecule has 1 aromatic carbocycles. The first-order valence-corrected chi connectivity index (χ1v) is 7.90. The maximum Gasteiger partial charge on any atom is 0.270 e. The van der Waals surface area contributed by atoms with Crippen molar-refractivity contribution in [1.29, 1.82) is 0 Å². The molecule has 0 aliphatic heterocycles. The standard InChI is InChI=1S/C18H24N4O/c1-6-13(4)19-18(23)16-10-17(21-14(5)20-16)22-15-8-7-11(2)9-12(15)3/h7-10,13H,6H2,1-5H3,(H,19,23)(H,20,21,22). The Morgan fingerprint density at radius 2 is 1.91 bits per heavy atom. The zero-order chi connectivity index (χ0) is 17.0. The predicted molar refractivity (Wildman–Crippen MR) is 93.2 cm³/mol. The summed E-state index contributed by atoms with van der Waals surface area (Å²) in [7, 11) is 0. The Balaban J connectivity index is 2.24. The molecule has 0 bridgehead atoms. The summed E-state index contributed by atoms with van der Waals surface area (Å²) in [6, 6.07) is 7.96. The summed E-state index contributed by atoms with van der Waals surface area (Å²) < 4.78 is 0. The molecule has 1 unspecified atom stereocenters. The highest BCUT2D eigenvalue weighted by Gasteiger charge is 2.13. The molecule has 5 nitrogen and oxygen atoms in total. The summed E-state index contributed by atoms with van der Waals surface area (Å²) in [5, 5.41) is 6.20. The fourth-order valence-electron chi connectivity index (χ4n) is 2.24. The number of carbonyl (C=O) groups is 1. The molecule has 2 rings (SSSR count). The van der Waals surface area contributed by atoms with Gasteiger partial charge in [0.2, 0.25) is 0 Å². The first-order valence-electron chi connectivity index (χ1n) is 7.90. The third-order valence-electron chi connectivity index (χ3n) is 3.71. The number of amides is 1. The second-order valence-corrected chi connectivity index (χ2v) is 5.91. The molecule has 2 aromatic rings. The molecule has 0 radical (unpaired) electrons. The minimum Gasteiger partial charge on any atom is -0.348 e. The van der Waals surface area contributed by atoms with Crippen molar-refractivity contribution >= 4 is 17.4 Å². The van der Waals surface area contributed by atoms with E-state index in [0.29, 0.717) is 17.3 Å². The second kappa shape index (κ2) is 7.22. The van der Waals surface area contributed by atoms with E-state index in [1.54, 1.807) is 13.0 Å². The quantitative estimate of drug-likeness (QED) is 0.884. The summed E-state index contributed by atoms with van der Waals surface area (Å²) in [4.78, 5) is 20.9. The van der Waals surface area contributed by atoms with Crippen molar-refractivity contribution in [3.05, 3.63) is 46.9 Å². The number of carbonyl (C=O) groups excluding carboxylic acids is 1. The largest absolute Gasteiger partial charge is 0.348 e. The van der Waals surface area contributed by atoms with E-state index in [1.165, 1.54) is 5.56 Å². The van der Waals surface area contributed by atoms with Gasteiger partial charge in [0.05, 0.1) is 0 Å². The van der Waals surface area contributed by atoms with Crippen molar-refractivity contribution in [2.45, 2.75) is 47.1 Å². The molecule has 0 spiro atoms. The number of aromatic nitrogens is 2. The third kappa shape index (κ3) is 4.52. The predicted octanol–water partition coefficient (Wildman–Crippen LogP) is 3.67. The van der Waals surface area contributed by atoms with Crippen molar-refractivity contribution < 1.29 is 4.79 Å². The van der Waals surface area contributed by atoms with Crippen LogP contribution in [0.4, 0.5) is 11.5 Å². The normalized spacial score (nSPS) is 11.9. The number of rotatable bonds is 5. The maximum absolute atomic E-state index is 12.3. The fraction of sp³-hybridized carbons (Fsp3) is 0.389. The van der Waals surface area contributed by atoms with Crippen molar-refractivity contribution in [2.75, 3.05) is 5.32 Å². The molecule has 23 heavy (non-hydrogen) atoms. The average Bonchev–Trinajstić information content (AvgIpc) is 2.49. The van der Waals surface area contributed by atoms with E-state index < -0.39 is 0 Å². The molecule has 1 heterocycles. The summed E-state index contributed by atoms with van der Waals surface area (Å²) in [6.07, 6.45) is 0.878. The van der Waals surface area contributed by atoms with Crippen LogP contribution in [-0.4, -0.2) is 21.9 Å². The number of anilines is 2. The van der Waals surface area contributed by atoms with E-state index in [0.717, 1.165) is 17.7 Å². The Morgan fingerprint density at radius 1 is 1.17 bits per heavy atom. The lowest BCUT2D eigenvalue weighted by molar-refractivity contribution is 0.0934. The van der Waals surface area contributed by atoms with Crippen LogP contribution in [-0.2, 0) is 0 Å². The lowest BCUT2D eigenvalue weighted by atomic mass is 10.1. The smallest absolute Gasteiger partial charge is 0.270 e. The topological polar surface area (TPSA) is 66.9 Å². The molecular weight excluding hydrogens is 288 g/mol. The van der Waals surface area contributed by atoms with Crippen LogP contribution >= 0.6 is 0 Å². The molecule has 1 atom stereocenters. The summed E-state index contributed by atoms with van der Waals surface area (Å²) in [5.41, 5.74) is 3.69. The van der Waals surface area contributed by atoms with Gasteiger partial charge in [-0.15, -0.1) is 0 Å². The molecule has 122 valence electrons. The fourth-order valence-corrected chi connectivity index (χ4v) is 2.24. The highest BCUT2D eigenvalue weighted by atomic mass is 16.1. The van der Waals surface area contributed by atoms with Crippen molar-refractivity contribution in [3.8, 4) is 0 Å². The number of hydrogen-bond donors (Lipinski definition) is 2. The van der Waals surface area contributed by atoms with Gasteiger partial charge < -0.3 is 10.6 Å². The highest BCUT2D eigenvalue weighted by Crippen LogP contribution is 2.20. The summed E-state index contributed by atoms with van der Waals surface area (Å²) in [5.74, 6) is 1.02. The number of aryl methyl sites for hydroxylation is 3. The Morgan fingerprint density at radius 3 is 2.57 bits per heavy atom. The van der Waals surface area contributed by atoms with Crippen LogP contribution in [0.15, 0.2) is 24.3 Å². The van der Waals surface area contributed by atoms with E-state index in [1.807, 2.05) is 32.9 Å². The van der Waals surface area contributed by atoms with Gasteiger partial charge in [-0.05, 0) is 45.7 Å². The Hall–Kier alpha value is -2.43. The van der Waals surface area contributed by atoms with Gasteiger partial charge in [-0.25, -0.2) is 9.97 Å². The molecular formula is C18H24N4O. The van der Waals surface area contributed by atoms with Crippen LogP contribution in [0.25, 0.3) is 0 Å². The third-order valence-corrected chi connectivity index (χ3v) is 3.71. The van der Waals surface area contributed by atoms with E-state index in [9.17, 15) is 4.79 Å². The lowest BCUT2D eigenvalue weighted by Crippen LogP contribution is -2.32. The van der Waals surface area contributed by atoms with Crippen LogP contribution in [0.3, 0.4) is 0 Å². The molecule has 2 N–H and O–H groups in total. The van der Waals surface area contributed by atoms with Gasteiger partial charge >= 0.3 is 0 Å². The van der Waals surface area contributed by atoms with Gasteiger partial charge in [-0.1, -0.05) is 24.6 Å². The average molecular weight is 312 g/mol. The SMILES string of the molecule is CCC(C)NC(=O)c1cc(Nc2ccc(C)cc2C)nc(C)n1. The van der Waals surface area contributed by atoms with E-state index in [2.05, 4.69) is 33.6 Å². The lowest BCUT2D eigenvalue weighted by Gasteiger charge is -2.13. The monoisotopic (exact) mass is 312 g/mol. The first-order chi connectivity index (χ1) is 10.9. The van der Waals surface area contributed by atoms with Crippen molar-refractivity contribution in [2.24, 2.45) is 0 Å². The van der Waals surface area contributed by atoms with E-state index >= 15 is 0 Å². The molecule has 0 aliphatic carbocycles. The minimum absolute atomic E-state index is 0.119. The Kier molecular flexibility index (Phi) is 5.32. The van der Waals surface area contributed by atoms with Gasteiger partial charge in [0.25, 0.3) is 5.91 Å². The van der Waals surface area contributed by atoms with Gasteiger partial charge in [-0.3, -0.25) is 4.79 Å². The zero-order valence-electron chi connectivity index (χ0n) is 14.4. The molecule has 5 heteroatoms. The minimum atomic E-state index is -0.173.